The number of likely N-dealkylation sites (tertiary alicyclic amines) is 2. The number of amides is 2. The Bertz CT molecular complexity index is 847. The quantitative estimate of drug-likeness (QED) is 0.782. The molecule has 2 saturated heterocycles. The van der Waals surface area contributed by atoms with Crippen molar-refractivity contribution in [2.24, 2.45) is 5.92 Å². The smallest absolute Gasteiger partial charge is 0.242 e. The first kappa shape index (κ1) is 19.3. The topological polar surface area (TPSA) is 45.6 Å². The van der Waals surface area contributed by atoms with Crippen LogP contribution in [0, 0.1) is 5.92 Å². The molecule has 0 N–H and O–H groups in total. The van der Waals surface area contributed by atoms with Crippen molar-refractivity contribution in [2.45, 2.75) is 45.1 Å². The first-order valence-corrected chi connectivity index (χ1v) is 10.8. The highest BCUT2D eigenvalue weighted by Gasteiger charge is 2.30. The Morgan fingerprint density at radius 1 is 0.929 bits per heavy atom. The van der Waals surface area contributed by atoms with Crippen LogP contribution in [0.15, 0.2) is 30.5 Å². The van der Waals surface area contributed by atoms with E-state index in [0.29, 0.717) is 30.6 Å². The molecule has 0 atom stereocenters. The van der Waals surface area contributed by atoms with Gasteiger partial charge >= 0.3 is 0 Å². The number of benzene rings is 1. The van der Waals surface area contributed by atoms with Crippen LogP contribution in [0.5, 0.6) is 0 Å². The number of carbonyl (C=O) groups is 2. The molecule has 2 fully saturated rings. The third-order valence-corrected chi connectivity index (χ3v) is 6.39. The summed E-state index contributed by atoms with van der Waals surface area (Å²) in [5, 5.41) is 1.76. The molecule has 0 saturated carbocycles. The number of aromatic nitrogens is 1. The molecule has 2 aliphatic heterocycles. The second kappa shape index (κ2) is 8.56. The van der Waals surface area contributed by atoms with Crippen LogP contribution in [-0.2, 0) is 16.1 Å². The van der Waals surface area contributed by atoms with Gasteiger partial charge in [0, 0.05) is 48.8 Å². The third-order valence-electron chi connectivity index (χ3n) is 6.16. The third kappa shape index (κ3) is 4.19. The second-order valence-electron chi connectivity index (χ2n) is 8.04. The largest absolute Gasteiger partial charge is 0.342 e. The summed E-state index contributed by atoms with van der Waals surface area (Å²) in [6, 6.07) is 7.74. The van der Waals surface area contributed by atoms with Crippen molar-refractivity contribution in [3.05, 3.63) is 35.5 Å². The summed E-state index contributed by atoms with van der Waals surface area (Å²) in [6.45, 7) is 3.46. The predicted molar refractivity (Wildman–Crippen MR) is 111 cm³/mol. The van der Waals surface area contributed by atoms with Gasteiger partial charge < -0.3 is 14.4 Å². The van der Waals surface area contributed by atoms with Crippen molar-refractivity contribution in [1.29, 1.82) is 0 Å². The summed E-state index contributed by atoms with van der Waals surface area (Å²) in [7, 11) is 0. The molecule has 0 aliphatic carbocycles. The van der Waals surface area contributed by atoms with Crippen molar-refractivity contribution < 1.29 is 9.59 Å². The first-order valence-electron chi connectivity index (χ1n) is 10.4. The van der Waals surface area contributed by atoms with E-state index in [4.69, 9.17) is 11.6 Å². The van der Waals surface area contributed by atoms with E-state index in [-0.39, 0.29) is 11.8 Å². The molecular weight excluding hydrogens is 374 g/mol. The minimum atomic E-state index is 0.0772. The van der Waals surface area contributed by atoms with Crippen molar-refractivity contribution in [1.82, 2.24) is 14.4 Å². The zero-order valence-corrected chi connectivity index (χ0v) is 17.0. The van der Waals surface area contributed by atoms with Gasteiger partial charge in [0.25, 0.3) is 0 Å². The van der Waals surface area contributed by atoms with Crippen LogP contribution in [0.25, 0.3) is 10.9 Å². The number of halogens is 1. The minimum Gasteiger partial charge on any atom is -0.342 e. The van der Waals surface area contributed by atoms with Gasteiger partial charge in [-0.3, -0.25) is 9.59 Å². The van der Waals surface area contributed by atoms with Crippen LogP contribution < -0.4 is 0 Å². The van der Waals surface area contributed by atoms with Gasteiger partial charge in [0.2, 0.25) is 11.8 Å². The maximum absolute atomic E-state index is 12.8. The standard InChI is InChI=1S/C22H28ClN3O2/c23-19-6-5-17-7-14-26(20(17)15-19)16-21(27)24-12-8-18(9-13-24)22(28)25-10-3-1-2-4-11-25/h5-7,14-15,18H,1-4,8-13,16H2. The molecule has 2 amide bonds. The number of rotatable bonds is 3. The summed E-state index contributed by atoms with van der Waals surface area (Å²) in [4.78, 5) is 29.6. The molecular formula is C22H28ClN3O2. The number of carbonyl (C=O) groups excluding carboxylic acids is 2. The summed E-state index contributed by atoms with van der Waals surface area (Å²) < 4.78 is 1.96. The van der Waals surface area contributed by atoms with Gasteiger partial charge in [0.15, 0.2) is 0 Å². The Labute approximate surface area is 171 Å². The molecule has 4 rings (SSSR count). The van der Waals surface area contributed by atoms with Gasteiger partial charge in [-0.15, -0.1) is 0 Å². The fraction of sp³-hybridized carbons (Fsp3) is 0.545. The number of hydrogen-bond acceptors (Lipinski definition) is 2. The molecule has 28 heavy (non-hydrogen) atoms. The average Bonchev–Trinajstić information content (AvgIpc) is 2.92. The highest BCUT2D eigenvalue weighted by Crippen LogP contribution is 2.24. The average molecular weight is 402 g/mol. The van der Waals surface area contributed by atoms with E-state index in [2.05, 4.69) is 4.90 Å². The Balaban J connectivity index is 1.33. The minimum absolute atomic E-state index is 0.0772. The molecule has 0 bridgehead atoms. The van der Waals surface area contributed by atoms with Gasteiger partial charge in [0.05, 0.1) is 0 Å². The molecule has 150 valence electrons. The lowest BCUT2D eigenvalue weighted by Crippen LogP contribution is -2.45. The summed E-state index contributed by atoms with van der Waals surface area (Å²) in [6.07, 6.45) is 8.20. The molecule has 2 aromatic rings. The fourth-order valence-corrected chi connectivity index (χ4v) is 4.63. The molecule has 3 heterocycles. The second-order valence-corrected chi connectivity index (χ2v) is 8.48. The monoisotopic (exact) mass is 401 g/mol. The molecule has 0 radical (unpaired) electrons. The zero-order valence-electron chi connectivity index (χ0n) is 16.3. The maximum atomic E-state index is 12.8. The molecule has 1 aromatic carbocycles. The van der Waals surface area contributed by atoms with E-state index in [9.17, 15) is 9.59 Å². The van der Waals surface area contributed by atoms with Crippen LogP contribution >= 0.6 is 11.6 Å². The van der Waals surface area contributed by atoms with Gasteiger partial charge in [-0.2, -0.15) is 0 Å². The lowest BCUT2D eigenvalue weighted by Gasteiger charge is -2.34. The molecule has 0 unspecified atom stereocenters. The van der Waals surface area contributed by atoms with Gasteiger partial charge in [-0.05, 0) is 49.3 Å². The SMILES string of the molecule is O=C(Cn1ccc2ccc(Cl)cc21)N1CCC(C(=O)N2CCCCCC2)CC1. The molecule has 5 nitrogen and oxygen atoms in total. The summed E-state index contributed by atoms with van der Waals surface area (Å²) in [5.74, 6) is 0.492. The normalized spacial score (nSPS) is 19.0. The Hall–Kier alpha value is -2.01. The van der Waals surface area contributed by atoms with Crippen molar-refractivity contribution in [3.63, 3.8) is 0 Å². The zero-order chi connectivity index (χ0) is 19.5. The number of fused-ring (bicyclic) bond motifs is 1. The highest BCUT2D eigenvalue weighted by molar-refractivity contribution is 6.31. The van der Waals surface area contributed by atoms with E-state index in [1.807, 2.05) is 39.9 Å². The molecule has 0 spiro atoms. The van der Waals surface area contributed by atoms with Crippen molar-refractivity contribution in [3.8, 4) is 0 Å². The van der Waals surface area contributed by atoms with E-state index >= 15 is 0 Å². The van der Waals surface area contributed by atoms with Crippen LogP contribution in [0.1, 0.15) is 38.5 Å². The number of hydrogen-bond donors (Lipinski definition) is 0. The Morgan fingerprint density at radius 2 is 1.64 bits per heavy atom. The molecule has 1 aromatic heterocycles. The van der Waals surface area contributed by atoms with Crippen LogP contribution in [0.3, 0.4) is 0 Å². The highest BCUT2D eigenvalue weighted by atomic mass is 35.5. The number of nitrogens with zero attached hydrogens (tertiary/aromatic N) is 3. The van der Waals surface area contributed by atoms with Gasteiger partial charge in [0.1, 0.15) is 6.54 Å². The molecule has 6 heteroatoms. The fourth-order valence-electron chi connectivity index (χ4n) is 4.47. The van der Waals surface area contributed by atoms with Crippen molar-refractivity contribution in [2.75, 3.05) is 26.2 Å². The van der Waals surface area contributed by atoms with Crippen LogP contribution in [0.4, 0.5) is 0 Å². The summed E-state index contributed by atoms with van der Waals surface area (Å²) in [5.41, 5.74) is 0.979. The van der Waals surface area contributed by atoms with Crippen molar-refractivity contribution >= 4 is 34.3 Å². The maximum Gasteiger partial charge on any atom is 0.242 e. The van der Waals surface area contributed by atoms with E-state index in [1.165, 1.54) is 12.8 Å². The Morgan fingerprint density at radius 3 is 2.36 bits per heavy atom. The van der Waals surface area contributed by atoms with E-state index in [1.54, 1.807) is 0 Å². The lowest BCUT2D eigenvalue weighted by molar-refractivity contribution is -0.141. The lowest BCUT2D eigenvalue weighted by atomic mass is 9.95. The first-order chi connectivity index (χ1) is 13.6. The summed E-state index contributed by atoms with van der Waals surface area (Å²) >= 11 is 6.11. The van der Waals surface area contributed by atoms with Gasteiger partial charge in [-0.25, -0.2) is 0 Å². The predicted octanol–water partition coefficient (Wildman–Crippen LogP) is 3.94. The number of piperidine rings is 1. The van der Waals surface area contributed by atoms with E-state index < -0.39 is 0 Å². The van der Waals surface area contributed by atoms with Crippen LogP contribution in [-0.4, -0.2) is 52.4 Å². The van der Waals surface area contributed by atoms with E-state index in [0.717, 1.165) is 49.7 Å². The van der Waals surface area contributed by atoms with Crippen LogP contribution in [0.2, 0.25) is 5.02 Å². The van der Waals surface area contributed by atoms with Gasteiger partial charge in [-0.1, -0.05) is 30.5 Å². The Kier molecular flexibility index (Phi) is 5.90. The molecule has 2 aliphatic rings.